The van der Waals surface area contributed by atoms with E-state index in [4.69, 9.17) is 9.47 Å². The molecule has 2 aliphatic heterocycles. The zero-order valence-electron chi connectivity index (χ0n) is 19.1. The highest BCUT2D eigenvalue weighted by molar-refractivity contribution is 5.98. The number of benzene rings is 2. The molecule has 2 aliphatic rings. The van der Waals surface area contributed by atoms with E-state index >= 15 is 0 Å². The van der Waals surface area contributed by atoms with Crippen LogP contribution in [-0.2, 0) is 20.4 Å². The molecule has 35 heavy (non-hydrogen) atoms. The van der Waals surface area contributed by atoms with Gasteiger partial charge in [0.25, 0.3) is 11.8 Å². The summed E-state index contributed by atoms with van der Waals surface area (Å²) in [4.78, 5) is 27.3. The minimum atomic E-state index is -4.41. The molecule has 2 amide bonds. The Balaban J connectivity index is 1.43. The largest absolute Gasteiger partial charge is 0.416 e. The predicted molar refractivity (Wildman–Crippen MR) is 123 cm³/mol. The molecule has 2 atom stereocenters. The molecule has 2 unspecified atom stereocenters. The second-order valence-corrected chi connectivity index (χ2v) is 8.57. The molecular weight excluding hydrogens is 463 g/mol. The second kappa shape index (κ2) is 11.2. The third kappa shape index (κ3) is 6.59. The van der Waals surface area contributed by atoms with Crippen molar-refractivity contribution in [2.75, 3.05) is 44.8 Å². The zero-order chi connectivity index (χ0) is 24.8. The highest BCUT2D eigenvalue weighted by Gasteiger charge is 2.31. The van der Waals surface area contributed by atoms with Crippen molar-refractivity contribution < 1.29 is 32.2 Å². The number of carbonyl (C=O) groups is 2. The van der Waals surface area contributed by atoms with E-state index in [-0.39, 0.29) is 24.4 Å². The number of amides is 2. The number of carbonyl (C=O) groups excluding carboxylic acids is 2. The SMILES string of the molecule is O=C(NCC(c1ccc(C(F)(F)F)cc1)N1CCOCC1)c1cccc(NC(=O)C2CCCO2)c1. The van der Waals surface area contributed by atoms with E-state index in [0.717, 1.165) is 18.6 Å². The topological polar surface area (TPSA) is 79.9 Å². The van der Waals surface area contributed by atoms with Crippen LogP contribution in [0.2, 0.25) is 0 Å². The zero-order valence-corrected chi connectivity index (χ0v) is 19.1. The first kappa shape index (κ1) is 25.2. The fraction of sp³-hybridized carbons (Fsp3) is 0.440. The molecule has 2 N–H and O–H groups in total. The number of alkyl halides is 3. The van der Waals surface area contributed by atoms with Gasteiger partial charge in [-0.15, -0.1) is 0 Å². The van der Waals surface area contributed by atoms with Gasteiger partial charge in [-0.3, -0.25) is 14.5 Å². The molecule has 0 radical (unpaired) electrons. The summed E-state index contributed by atoms with van der Waals surface area (Å²) in [6.07, 6.45) is -3.39. The maximum atomic E-state index is 13.0. The number of hydrogen-bond donors (Lipinski definition) is 2. The van der Waals surface area contributed by atoms with Crippen LogP contribution in [0.25, 0.3) is 0 Å². The van der Waals surface area contributed by atoms with Crippen LogP contribution >= 0.6 is 0 Å². The van der Waals surface area contributed by atoms with Crippen LogP contribution in [0.5, 0.6) is 0 Å². The molecule has 2 fully saturated rings. The van der Waals surface area contributed by atoms with Crippen LogP contribution in [-0.4, -0.2) is 62.3 Å². The summed E-state index contributed by atoms with van der Waals surface area (Å²) in [6.45, 7) is 2.99. The van der Waals surface area contributed by atoms with Crippen molar-refractivity contribution in [1.82, 2.24) is 10.2 Å². The van der Waals surface area contributed by atoms with Gasteiger partial charge in [0.15, 0.2) is 0 Å². The average molecular weight is 492 g/mol. The van der Waals surface area contributed by atoms with Gasteiger partial charge in [-0.1, -0.05) is 18.2 Å². The summed E-state index contributed by atoms with van der Waals surface area (Å²) in [5.74, 6) is -0.585. The van der Waals surface area contributed by atoms with Gasteiger partial charge in [0.2, 0.25) is 0 Å². The molecule has 7 nitrogen and oxygen atoms in total. The number of nitrogens with one attached hydrogen (secondary N) is 2. The third-order valence-electron chi connectivity index (χ3n) is 6.18. The van der Waals surface area contributed by atoms with Crippen LogP contribution < -0.4 is 10.6 Å². The summed E-state index contributed by atoms with van der Waals surface area (Å²) >= 11 is 0. The van der Waals surface area contributed by atoms with E-state index in [1.807, 2.05) is 0 Å². The quantitative estimate of drug-likeness (QED) is 0.619. The van der Waals surface area contributed by atoms with E-state index in [1.54, 1.807) is 24.3 Å². The lowest BCUT2D eigenvalue weighted by molar-refractivity contribution is -0.137. The molecule has 0 spiro atoms. The number of morpholine rings is 1. The summed E-state index contributed by atoms with van der Waals surface area (Å²) < 4.78 is 49.8. The average Bonchev–Trinajstić information content (AvgIpc) is 3.40. The number of anilines is 1. The van der Waals surface area contributed by atoms with E-state index in [2.05, 4.69) is 15.5 Å². The Morgan fingerprint density at radius 1 is 1.06 bits per heavy atom. The van der Waals surface area contributed by atoms with Gasteiger partial charge in [-0.2, -0.15) is 13.2 Å². The summed E-state index contributed by atoms with van der Waals surface area (Å²) in [5, 5.41) is 5.68. The Hall–Kier alpha value is -2.95. The monoisotopic (exact) mass is 491 g/mol. The lowest BCUT2D eigenvalue weighted by Gasteiger charge is -2.35. The molecule has 2 aromatic carbocycles. The van der Waals surface area contributed by atoms with E-state index in [9.17, 15) is 22.8 Å². The maximum absolute atomic E-state index is 13.0. The lowest BCUT2D eigenvalue weighted by atomic mass is 10.0. The number of hydrogen-bond acceptors (Lipinski definition) is 5. The van der Waals surface area contributed by atoms with Gasteiger partial charge in [0, 0.05) is 37.5 Å². The Labute approximate surface area is 201 Å². The fourth-order valence-corrected chi connectivity index (χ4v) is 4.28. The van der Waals surface area contributed by atoms with Crippen molar-refractivity contribution in [1.29, 1.82) is 0 Å². The van der Waals surface area contributed by atoms with Crippen LogP contribution in [0.4, 0.5) is 18.9 Å². The Morgan fingerprint density at radius 2 is 1.80 bits per heavy atom. The Kier molecular flexibility index (Phi) is 8.04. The number of ether oxygens (including phenoxy) is 2. The van der Waals surface area contributed by atoms with Crippen molar-refractivity contribution in [2.45, 2.75) is 31.2 Å². The molecule has 188 valence electrons. The van der Waals surface area contributed by atoms with Crippen molar-refractivity contribution in [3.05, 3.63) is 65.2 Å². The second-order valence-electron chi connectivity index (χ2n) is 8.57. The minimum absolute atomic E-state index is 0.205. The van der Waals surface area contributed by atoms with Crippen LogP contribution in [0.1, 0.15) is 40.4 Å². The van der Waals surface area contributed by atoms with Gasteiger partial charge in [0.1, 0.15) is 6.10 Å². The summed E-state index contributed by atoms with van der Waals surface area (Å²) in [7, 11) is 0. The summed E-state index contributed by atoms with van der Waals surface area (Å²) in [6, 6.07) is 11.3. The minimum Gasteiger partial charge on any atom is -0.379 e. The first-order valence-corrected chi connectivity index (χ1v) is 11.6. The number of nitrogens with zero attached hydrogens (tertiary/aromatic N) is 1. The van der Waals surface area contributed by atoms with E-state index in [0.29, 0.717) is 56.1 Å². The molecule has 0 saturated carbocycles. The highest BCUT2D eigenvalue weighted by atomic mass is 19.4. The highest BCUT2D eigenvalue weighted by Crippen LogP contribution is 2.31. The van der Waals surface area contributed by atoms with Gasteiger partial charge in [0.05, 0.1) is 24.8 Å². The lowest BCUT2D eigenvalue weighted by Crippen LogP contribution is -2.43. The molecule has 0 bridgehead atoms. The van der Waals surface area contributed by atoms with Gasteiger partial charge >= 0.3 is 6.18 Å². The van der Waals surface area contributed by atoms with Gasteiger partial charge < -0.3 is 20.1 Å². The van der Waals surface area contributed by atoms with Crippen molar-refractivity contribution >= 4 is 17.5 Å². The van der Waals surface area contributed by atoms with Gasteiger partial charge in [-0.25, -0.2) is 0 Å². The molecule has 2 saturated heterocycles. The fourth-order valence-electron chi connectivity index (χ4n) is 4.28. The van der Waals surface area contributed by atoms with Crippen molar-refractivity contribution in [3.63, 3.8) is 0 Å². The summed E-state index contributed by atoms with van der Waals surface area (Å²) in [5.41, 5.74) is 0.819. The van der Waals surface area contributed by atoms with Crippen LogP contribution in [0, 0.1) is 0 Å². The van der Waals surface area contributed by atoms with E-state index in [1.165, 1.54) is 12.1 Å². The normalized spacial score (nSPS) is 19.8. The molecular formula is C25H28F3N3O4. The van der Waals surface area contributed by atoms with Crippen molar-refractivity contribution in [3.8, 4) is 0 Å². The number of rotatable bonds is 7. The first-order valence-electron chi connectivity index (χ1n) is 11.6. The standard InChI is InChI=1S/C25H28F3N3O4/c26-25(27,28)19-8-6-17(7-9-19)21(31-10-13-34-14-11-31)16-29-23(32)18-3-1-4-20(15-18)30-24(33)22-5-2-12-35-22/h1,3-4,6-9,15,21-22H,2,5,10-14,16H2,(H,29,32)(H,30,33). The Bertz CT molecular complexity index is 1020. The maximum Gasteiger partial charge on any atom is 0.416 e. The molecule has 4 rings (SSSR count). The molecule has 10 heteroatoms. The van der Waals surface area contributed by atoms with Crippen molar-refractivity contribution in [2.24, 2.45) is 0 Å². The third-order valence-corrected chi connectivity index (χ3v) is 6.18. The number of halogens is 3. The molecule has 0 aromatic heterocycles. The van der Waals surface area contributed by atoms with Crippen LogP contribution in [0.15, 0.2) is 48.5 Å². The van der Waals surface area contributed by atoms with E-state index < -0.39 is 17.8 Å². The smallest absolute Gasteiger partial charge is 0.379 e. The predicted octanol–water partition coefficient (Wildman–Crippen LogP) is 3.63. The van der Waals surface area contributed by atoms with Gasteiger partial charge in [-0.05, 0) is 48.7 Å². The molecule has 2 heterocycles. The molecule has 0 aliphatic carbocycles. The Morgan fingerprint density at radius 3 is 2.46 bits per heavy atom. The first-order chi connectivity index (χ1) is 16.8. The molecule has 2 aromatic rings. The van der Waals surface area contributed by atoms with Crippen LogP contribution in [0.3, 0.4) is 0 Å².